The minimum atomic E-state index is -0.875. The molecular weight excluding hydrogens is 557 g/mol. The standard InChI is InChI=1S/C33H42ClN3O3.ClH/c1-22(2)40-26-9-6-14-35(21-26)15-16-36-17-18-37-30-19-24(33(38)39)10-12-27(30)31(23-7-4-3-5-8-23)32(37)28-13-11-25(34)20-29(28)36;/h10-13,19-20,22-23,26H,3-9,14-18,21H2,1-2H3,(H,38,39);1H. The Labute approximate surface area is 255 Å². The number of anilines is 1. The van der Waals surface area contributed by atoms with Crippen molar-refractivity contribution < 1.29 is 14.6 Å². The number of aromatic carboxylic acids is 1. The van der Waals surface area contributed by atoms with E-state index in [1.807, 2.05) is 12.1 Å². The molecule has 222 valence electrons. The smallest absolute Gasteiger partial charge is 0.335 e. The average Bonchev–Trinajstić information content (AvgIpc) is 3.17. The molecule has 0 spiro atoms. The number of likely N-dealkylation sites (tertiary alicyclic amines) is 1. The van der Waals surface area contributed by atoms with E-state index < -0.39 is 5.97 Å². The van der Waals surface area contributed by atoms with Gasteiger partial charge in [0, 0.05) is 59.9 Å². The van der Waals surface area contributed by atoms with Crippen molar-refractivity contribution in [1.29, 1.82) is 0 Å². The van der Waals surface area contributed by atoms with Crippen molar-refractivity contribution in [1.82, 2.24) is 9.47 Å². The van der Waals surface area contributed by atoms with Crippen LogP contribution >= 0.6 is 24.0 Å². The van der Waals surface area contributed by atoms with Crippen LogP contribution < -0.4 is 4.90 Å². The number of benzene rings is 2. The fourth-order valence-electron chi connectivity index (χ4n) is 7.35. The Kier molecular flexibility index (Phi) is 9.54. The number of halogens is 2. The number of carboxylic acid groups (broad SMARTS) is 1. The Hall–Kier alpha value is -2.25. The Morgan fingerprint density at radius 3 is 2.56 bits per heavy atom. The molecule has 1 saturated heterocycles. The molecule has 3 aromatic rings. The zero-order valence-electron chi connectivity index (χ0n) is 24.3. The summed E-state index contributed by atoms with van der Waals surface area (Å²) in [6.45, 7) is 9.92. The minimum Gasteiger partial charge on any atom is -0.478 e. The van der Waals surface area contributed by atoms with E-state index in [-0.39, 0.29) is 18.5 Å². The quantitative estimate of drug-likeness (QED) is 0.300. The number of carbonyl (C=O) groups is 1. The number of fused-ring (bicyclic) bond motifs is 5. The molecule has 1 saturated carbocycles. The van der Waals surface area contributed by atoms with Gasteiger partial charge in [-0.05, 0) is 87.9 Å². The van der Waals surface area contributed by atoms with Crippen molar-refractivity contribution >= 4 is 46.6 Å². The first kappa shape index (κ1) is 30.2. The largest absolute Gasteiger partial charge is 0.478 e. The van der Waals surface area contributed by atoms with Gasteiger partial charge in [-0.15, -0.1) is 12.4 Å². The van der Waals surface area contributed by atoms with Gasteiger partial charge in [0.15, 0.2) is 0 Å². The van der Waals surface area contributed by atoms with Crippen LogP contribution in [0.3, 0.4) is 0 Å². The third-order valence-electron chi connectivity index (χ3n) is 9.13. The van der Waals surface area contributed by atoms with Gasteiger partial charge in [-0.25, -0.2) is 4.79 Å². The van der Waals surface area contributed by atoms with Gasteiger partial charge < -0.3 is 19.3 Å². The molecule has 41 heavy (non-hydrogen) atoms. The molecule has 1 aromatic heterocycles. The monoisotopic (exact) mass is 599 g/mol. The van der Waals surface area contributed by atoms with E-state index in [2.05, 4.69) is 46.4 Å². The van der Waals surface area contributed by atoms with Gasteiger partial charge in [0.05, 0.1) is 23.5 Å². The second kappa shape index (κ2) is 12.9. The molecule has 1 N–H and O–H groups in total. The Morgan fingerprint density at radius 2 is 1.80 bits per heavy atom. The Balaban J connectivity index is 0.00000337. The van der Waals surface area contributed by atoms with Gasteiger partial charge in [-0.3, -0.25) is 4.90 Å². The maximum Gasteiger partial charge on any atom is 0.335 e. The molecule has 2 aliphatic heterocycles. The van der Waals surface area contributed by atoms with Crippen molar-refractivity contribution in [2.24, 2.45) is 0 Å². The SMILES string of the molecule is CC(C)OC1CCCN(CCN2CCn3c(c(C4CCCCC4)c4ccc(C(=O)O)cc43)-c3ccc(Cl)cc32)C1.Cl. The Morgan fingerprint density at radius 1 is 1.00 bits per heavy atom. The molecule has 1 aliphatic carbocycles. The van der Waals surface area contributed by atoms with E-state index in [4.69, 9.17) is 16.3 Å². The highest BCUT2D eigenvalue weighted by molar-refractivity contribution is 6.31. The van der Waals surface area contributed by atoms with E-state index in [9.17, 15) is 9.90 Å². The van der Waals surface area contributed by atoms with Crippen molar-refractivity contribution in [3.8, 4) is 11.3 Å². The first-order valence-corrected chi connectivity index (χ1v) is 15.6. The second-order valence-corrected chi connectivity index (χ2v) is 12.6. The van der Waals surface area contributed by atoms with Crippen LogP contribution in [0.4, 0.5) is 5.69 Å². The van der Waals surface area contributed by atoms with Crippen LogP contribution in [0, 0.1) is 0 Å². The lowest BCUT2D eigenvalue weighted by Gasteiger charge is -2.35. The van der Waals surface area contributed by atoms with Gasteiger partial charge in [0.25, 0.3) is 0 Å². The number of rotatable bonds is 7. The summed E-state index contributed by atoms with van der Waals surface area (Å²) in [6.07, 6.45) is 9.06. The molecule has 0 radical (unpaired) electrons. The highest BCUT2D eigenvalue weighted by Gasteiger charge is 2.31. The average molecular weight is 601 g/mol. The fourth-order valence-corrected chi connectivity index (χ4v) is 7.52. The van der Waals surface area contributed by atoms with Crippen molar-refractivity contribution in [3.05, 3.63) is 52.5 Å². The van der Waals surface area contributed by atoms with E-state index in [0.29, 0.717) is 17.6 Å². The van der Waals surface area contributed by atoms with Crippen LogP contribution in [0.15, 0.2) is 36.4 Å². The molecule has 1 atom stereocenters. The van der Waals surface area contributed by atoms with Crippen LogP contribution in [0.5, 0.6) is 0 Å². The summed E-state index contributed by atoms with van der Waals surface area (Å²) >= 11 is 6.64. The summed E-state index contributed by atoms with van der Waals surface area (Å²) in [7, 11) is 0. The first-order valence-electron chi connectivity index (χ1n) is 15.2. The van der Waals surface area contributed by atoms with Crippen LogP contribution in [-0.4, -0.2) is 65.5 Å². The Bertz CT molecular complexity index is 1380. The summed E-state index contributed by atoms with van der Waals surface area (Å²) in [5.74, 6) is -0.384. The highest BCUT2D eigenvalue weighted by Crippen LogP contribution is 2.47. The zero-order chi connectivity index (χ0) is 27.8. The molecule has 0 bridgehead atoms. The molecule has 0 amide bonds. The zero-order valence-corrected chi connectivity index (χ0v) is 25.9. The highest BCUT2D eigenvalue weighted by atomic mass is 35.5. The van der Waals surface area contributed by atoms with E-state index >= 15 is 0 Å². The van der Waals surface area contributed by atoms with Gasteiger partial charge in [0.2, 0.25) is 0 Å². The number of ether oxygens (including phenoxy) is 1. The van der Waals surface area contributed by atoms with Crippen LogP contribution in [-0.2, 0) is 11.3 Å². The van der Waals surface area contributed by atoms with Crippen LogP contribution in [0.2, 0.25) is 5.02 Å². The van der Waals surface area contributed by atoms with E-state index in [1.54, 1.807) is 6.07 Å². The summed E-state index contributed by atoms with van der Waals surface area (Å²) in [6, 6.07) is 12.1. The number of hydrogen-bond donors (Lipinski definition) is 1. The molecule has 3 aliphatic rings. The number of piperidine rings is 1. The number of carboxylic acids is 1. The van der Waals surface area contributed by atoms with Crippen LogP contribution in [0.25, 0.3) is 22.2 Å². The number of hydrogen-bond acceptors (Lipinski definition) is 4. The molecule has 6 rings (SSSR count). The van der Waals surface area contributed by atoms with Gasteiger partial charge in [0.1, 0.15) is 0 Å². The van der Waals surface area contributed by atoms with E-state index in [0.717, 1.165) is 56.2 Å². The minimum absolute atomic E-state index is 0. The lowest BCUT2D eigenvalue weighted by atomic mass is 9.81. The van der Waals surface area contributed by atoms with Gasteiger partial charge in [-0.2, -0.15) is 0 Å². The molecule has 6 nitrogen and oxygen atoms in total. The van der Waals surface area contributed by atoms with E-state index in [1.165, 1.54) is 66.4 Å². The lowest BCUT2D eigenvalue weighted by molar-refractivity contribution is -0.0324. The van der Waals surface area contributed by atoms with Gasteiger partial charge in [-0.1, -0.05) is 36.9 Å². The third kappa shape index (κ3) is 6.27. The summed E-state index contributed by atoms with van der Waals surface area (Å²) in [5.41, 5.74) is 6.47. The topological polar surface area (TPSA) is 57.9 Å². The second-order valence-electron chi connectivity index (χ2n) is 12.2. The summed E-state index contributed by atoms with van der Waals surface area (Å²) < 4.78 is 8.57. The fraction of sp³-hybridized carbons (Fsp3) is 0.545. The molecule has 2 fully saturated rings. The maximum absolute atomic E-state index is 11.9. The molecule has 2 aromatic carbocycles. The van der Waals surface area contributed by atoms with Crippen molar-refractivity contribution in [2.45, 2.75) is 83.5 Å². The van der Waals surface area contributed by atoms with Crippen molar-refractivity contribution in [2.75, 3.05) is 37.6 Å². The third-order valence-corrected chi connectivity index (χ3v) is 9.36. The molecule has 1 unspecified atom stereocenters. The summed E-state index contributed by atoms with van der Waals surface area (Å²) in [5, 5.41) is 11.8. The number of nitrogens with zero attached hydrogens (tertiary/aromatic N) is 3. The lowest BCUT2D eigenvalue weighted by Crippen LogP contribution is -2.44. The summed E-state index contributed by atoms with van der Waals surface area (Å²) in [4.78, 5) is 17.0. The predicted molar refractivity (Wildman–Crippen MR) is 170 cm³/mol. The molecule has 8 heteroatoms. The maximum atomic E-state index is 11.9. The van der Waals surface area contributed by atoms with Gasteiger partial charge >= 0.3 is 5.97 Å². The normalized spacial score (nSPS) is 20.0. The predicted octanol–water partition coefficient (Wildman–Crippen LogP) is 7.84. The van der Waals surface area contributed by atoms with Crippen LogP contribution in [0.1, 0.15) is 80.6 Å². The molecular formula is C33H43Cl2N3O3. The molecule has 3 heterocycles. The van der Waals surface area contributed by atoms with Crippen molar-refractivity contribution in [3.63, 3.8) is 0 Å². The number of aromatic nitrogens is 1. The first-order chi connectivity index (χ1) is 19.4.